The molecule has 0 spiro atoms. The number of nitrogens with zero attached hydrogens (tertiary/aromatic N) is 2. The third-order valence-electron chi connectivity index (χ3n) is 3.03. The van der Waals surface area contributed by atoms with E-state index in [2.05, 4.69) is 0 Å². The van der Waals surface area contributed by atoms with Gasteiger partial charge in [-0.3, -0.25) is 9.69 Å². The molecule has 1 unspecified atom stereocenters. The number of amides is 1. The summed E-state index contributed by atoms with van der Waals surface area (Å²) in [6.07, 6.45) is 1.52. The third kappa shape index (κ3) is 5.46. The standard InChI is InChI=1S/C13H24N2O4/c1-13(2,3)19-12(18)14(4)8-10-6-5-7-15(10)9-11(16)17/h10H,5-9H2,1-4H3,(H,16,17). The molecule has 1 rings (SSSR count). The number of rotatable bonds is 4. The Balaban J connectivity index is 2.49. The number of hydrogen-bond donors (Lipinski definition) is 1. The molecule has 0 aromatic heterocycles. The lowest BCUT2D eigenvalue weighted by molar-refractivity contribution is -0.138. The fourth-order valence-corrected chi connectivity index (χ4v) is 2.21. The van der Waals surface area contributed by atoms with E-state index in [9.17, 15) is 9.59 Å². The van der Waals surface area contributed by atoms with Crippen molar-refractivity contribution >= 4 is 12.1 Å². The van der Waals surface area contributed by atoms with Crippen LogP contribution in [0.1, 0.15) is 33.6 Å². The number of ether oxygens (including phenoxy) is 1. The summed E-state index contributed by atoms with van der Waals surface area (Å²) in [5, 5.41) is 8.84. The van der Waals surface area contributed by atoms with Gasteiger partial charge in [0.2, 0.25) is 0 Å². The highest BCUT2D eigenvalue weighted by Gasteiger charge is 2.29. The SMILES string of the molecule is CN(CC1CCCN1CC(=O)O)C(=O)OC(C)(C)C. The van der Waals surface area contributed by atoms with E-state index >= 15 is 0 Å². The van der Waals surface area contributed by atoms with Crippen LogP contribution in [0.2, 0.25) is 0 Å². The molecule has 19 heavy (non-hydrogen) atoms. The van der Waals surface area contributed by atoms with Gasteiger partial charge >= 0.3 is 12.1 Å². The Hall–Kier alpha value is -1.30. The highest BCUT2D eigenvalue weighted by Crippen LogP contribution is 2.18. The van der Waals surface area contributed by atoms with Gasteiger partial charge in [-0.2, -0.15) is 0 Å². The van der Waals surface area contributed by atoms with Crippen LogP contribution in [-0.4, -0.2) is 65.3 Å². The molecule has 0 radical (unpaired) electrons. The highest BCUT2D eigenvalue weighted by atomic mass is 16.6. The van der Waals surface area contributed by atoms with Gasteiger partial charge in [-0.15, -0.1) is 0 Å². The summed E-state index contributed by atoms with van der Waals surface area (Å²) >= 11 is 0. The number of carboxylic acid groups (broad SMARTS) is 1. The van der Waals surface area contributed by atoms with Crippen molar-refractivity contribution < 1.29 is 19.4 Å². The van der Waals surface area contributed by atoms with Crippen molar-refractivity contribution in [3.05, 3.63) is 0 Å². The van der Waals surface area contributed by atoms with Crippen LogP contribution < -0.4 is 0 Å². The lowest BCUT2D eigenvalue weighted by Crippen LogP contribution is -2.44. The molecule has 0 bridgehead atoms. The van der Waals surface area contributed by atoms with Gasteiger partial charge in [0.1, 0.15) is 5.60 Å². The lowest BCUT2D eigenvalue weighted by atomic mass is 10.2. The topological polar surface area (TPSA) is 70.1 Å². The Labute approximate surface area is 114 Å². The summed E-state index contributed by atoms with van der Waals surface area (Å²) in [5.41, 5.74) is -0.512. The second kappa shape index (κ2) is 6.23. The minimum absolute atomic E-state index is 0.0345. The van der Waals surface area contributed by atoms with E-state index in [1.165, 1.54) is 4.90 Å². The molecule has 6 nitrogen and oxygen atoms in total. The second-order valence-electron chi connectivity index (χ2n) is 6.02. The summed E-state index contributed by atoms with van der Waals surface area (Å²) in [6, 6.07) is 0.105. The molecule has 1 aliphatic rings. The van der Waals surface area contributed by atoms with E-state index in [0.29, 0.717) is 6.54 Å². The number of carbonyl (C=O) groups excluding carboxylic acids is 1. The van der Waals surface area contributed by atoms with E-state index in [4.69, 9.17) is 9.84 Å². The zero-order valence-electron chi connectivity index (χ0n) is 12.2. The van der Waals surface area contributed by atoms with Crippen molar-refractivity contribution in [3.8, 4) is 0 Å². The van der Waals surface area contributed by atoms with E-state index in [1.54, 1.807) is 7.05 Å². The summed E-state index contributed by atoms with van der Waals surface area (Å²) in [4.78, 5) is 26.0. The smallest absolute Gasteiger partial charge is 0.410 e. The zero-order chi connectivity index (χ0) is 14.6. The van der Waals surface area contributed by atoms with Gasteiger partial charge in [-0.1, -0.05) is 0 Å². The summed E-state index contributed by atoms with van der Waals surface area (Å²) < 4.78 is 5.28. The van der Waals surface area contributed by atoms with Crippen LogP contribution in [0.15, 0.2) is 0 Å². The normalized spacial score (nSPS) is 20.3. The molecule has 1 fully saturated rings. The van der Waals surface area contributed by atoms with Crippen LogP contribution in [0.4, 0.5) is 4.79 Å². The first-order valence-corrected chi connectivity index (χ1v) is 6.59. The molecule has 1 heterocycles. The molecule has 0 aromatic rings. The minimum atomic E-state index is -0.827. The number of carbonyl (C=O) groups is 2. The Kier molecular flexibility index (Phi) is 5.17. The monoisotopic (exact) mass is 272 g/mol. The number of carboxylic acids is 1. The Morgan fingerprint density at radius 2 is 2.05 bits per heavy atom. The van der Waals surface area contributed by atoms with Crippen LogP contribution in [-0.2, 0) is 9.53 Å². The van der Waals surface area contributed by atoms with Crippen molar-refractivity contribution in [1.82, 2.24) is 9.80 Å². The van der Waals surface area contributed by atoms with Crippen LogP contribution in [0.25, 0.3) is 0 Å². The van der Waals surface area contributed by atoms with Crippen molar-refractivity contribution in [3.63, 3.8) is 0 Å². The van der Waals surface area contributed by atoms with Gasteiger partial charge < -0.3 is 14.7 Å². The highest BCUT2D eigenvalue weighted by molar-refractivity contribution is 5.69. The fourth-order valence-electron chi connectivity index (χ4n) is 2.21. The Morgan fingerprint density at radius 3 is 2.58 bits per heavy atom. The van der Waals surface area contributed by atoms with Crippen LogP contribution in [0.5, 0.6) is 0 Å². The van der Waals surface area contributed by atoms with Crippen molar-refractivity contribution in [2.45, 2.75) is 45.3 Å². The molecular weight excluding hydrogens is 248 g/mol. The number of hydrogen-bond acceptors (Lipinski definition) is 4. The minimum Gasteiger partial charge on any atom is -0.480 e. The lowest BCUT2D eigenvalue weighted by Gasteiger charge is -2.29. The zero-order valence-corrected chi connectivity index (χ0v) is 12.2. The average molecular weight is 272 g/mol. The van der Waals surface area contributed by atoms with Crippen LogP contribution in [0, 0.1) is 0 Å². The molecular formula is C13H24N2O4. The number of aliphatic carboxylic acids is 1. The van der Waals surface area contributed by atoms with E-state index in [0.717, 1.165) is 19.4 Å². The summed E-state index contributed by atoms with van der Waals surface area (Å²) in [6.45, 7) is 6.79. The maximum absolute atomic E-state index is 11.8. The van der Waals surface area contributed by atoms with Gasteiger partial charge in [-0.25, -0.2) is 4.79 Å². The first-order valence-electron chi connectivity index (χ1n) is 6.59. The number of likely N-dealkylation sites (N-methyl/N-ethyl adjacent to an activating group) is 1. The molecule has 110 valence electrons. The van der Waals surface area contributed by atoms with E-state index in [-0.39, 0.29) is 18.7 Å². The molecule has 1 N–H and O–H groups in total. The first kappa shape index (κ1) is 15.8. The number of likely N-dealkylation sites (tertiary alicyclic amines) is 1. The van der Waals surface area contributed by atoms with Gasteiger partial charge in [0, 0.05) is 19.6 Å². The molecule has 0 saturated carbocycles. The predicted molar refractivity (Wildman–Crippen MR) is 71.1 cm³/mol. The predicted octanol–water partition coefficient (Wildman–Crippen LogP) is 1.40. The Morgan fingerprint density at radius 1 is 1.42 bits per heavy atom. The maximum atomic E-state index is 11.8. The van der Waals surface area contributed by atoms with Gasteiger partial charge in [0.15, 0.2) is 0 Å². The van der Waals surface area contributed by atoms with Crippen LogP contribution >= 0.6 is 0 Å². The van der Waals surface area contributed by atoms with E-state index in [1.807, 2.05) is 25.7 Å². The third-order valence-corrected chi connectivity index (χ3v) is 3.03. The van der Waals surface area contributed by atoms with Crippen molar-refractivity contribution in [2.24, 2.45) is 0 Å². The molecule has 6 heteroatoms. The van der Waals surface area contributed by atoms with Gasteiger partial charge in [0.05, 0.1) is 6.54 Å². The average Bonchev–Trinajstić information content (AvgIpc) is 2.62. The van der Waals surface area contributed by atoms with Crippen molar-refractivity contribution in [2.75, 3.05) is 26.7 Å². The quantitative estimate of drug-likeness (QED) is 0.837. The van der Waals surface area contributed by atoms with Crippen LogP contribution in [0.3, 0.4) is 0 Å². The molecule has 1 amide bonds. The Bertz CT molecular complexity index is 338. The molecule has 1 saturated heterocycles. The van der Waals surface area contributed by atoms with Crippen molar-refractivity contribution in [1.29, 1.82) is 0 Å². The largest absolute Gasteiger partial charge is 0.480 e. The van der Waals surface area contributed by atoms with Gasteiger partial charge in [0.25, 0.3) is 0 Å². The van der Waals surface area contributed by atoms with E-state index < -0.39 is 11.6 Å². The second-order valence-corrected chi connectivity index (χ2v) is 6.02. The molecule has 0 aromatic carbocycles. The summed E-state index contributed by atoms with van der Waals surface area (Å²) in [5.74, 6) is -0.827. The van der Waals surface area contributed by atoms with Gasteiger partial charge in [-0.05, 0) is 40.2 Å². The maximum Gasteiger partial charge on any atom is 0.410 e. The molecule has 1 atom stereocenters. The molecule has 1 aliphatic heterocycles. The fraction of sp³-hybridized carbons (Fsp3) is 0.846. The first-order chi connectivity index (χ1) is 8.69. The summed E-state index contributed by atoms with van der Waals surface area (Å²) in [7, 11) is 1.69. The molecule has 0 aliphatic carbocycles.